The lowest BCUT2D eigenvalue weighted by atomic mass is 9.97. The molecule has 104 valence electrons. The molecule has 0 spiro atoms. The third kappa shape index (κ3) is 4.67. The van der Waals surface area contributed by atoms with E-state index in [4.69, 9.17) is 5.11 Å². The van der Waals surface area contributed by atoms with Crippen molar-refractivity contribution in [3.63, 3.8) is 0 Å². The predicted molar refractivity (Wildman–Crippen MR) is 76.2 cm³/mol. The molecule has 19 heavy (non-hydrogen) atoms. The predicted octanol–water partition coefficient (Wildman–Crippen LogP) is 3.30. The van der Waals surface area contributed by atoms with Crippen molar-refractivity contribution in [1.29, 1.82) is 0 Å². The Morgan fingerprint density at radius 1 is 1.21 bits per heavy atom. The number of nitrogens with one attached hydrogen (secondary N) is 1. The summed E-state index contributed by atoms with van der Waals surface area (Å²) in [4.78, 5) is 10.4. The molecule has 0 atom stereocenters. The molecule has 1 saturated carbocycles. The number of hydrogen-bond donors (Lipinski definition) is 2. The van der Waals surface area contributed by atoms with Crippen molar-refractivity contribution in [2.24, 2.45) is 0 Å². The Hall–Kier alpha value is -1.35. The summed E-state index contributed by atoms with van der Waals surface area (Å²) in [5.74, 6) is 0.0558. The van der Waals surface area contributed by atoms with Crippen LogP contribution in [0.15, 0.2) is 24.3 Å². The molecular formula is C16H23NO2. The van der Waals surface area contributed by atoms with Crippen LogP contribution in [0.25, 0.3) is 0 Å². The minimum Gasteiger partial charge on any atom is -0.481 e. The van der Waals surface area contributed by atoms with Gasteiger partial charge in [-0.2, -0.15) is 0 Å². The maximum atomic E-state index is 10.4. The van der Waals surface area contributed by atoms with Crippen LogP contribution in [-0.2, 0) is 11.3 Å². The Kier molecular flexibility index (Phi) is 5.40. The molecule has 1 fully saturated rings. The van der Waals surface area contributed by atoms with Crippen molar-refractivity contribution >= 4 is 5.97 Å². The summed E-state index contributed by atoms with van der Waals surface area (Å²) in [6.07, 6.45) is 6.36. The molecule has 1 aromatic carbocycles. The van der Waals surface area contributed by atoms with Crippen LogP contribution in [-0.4, -0.2) is 17.6 Å². The lowest BCUT2D eigenvalue weighted by molar-refractivity contribution is -0.137. The number of aliphatic carboxylic acids is 1. The fraction of sp³-hybridized carbons (Fsp3) is 0.562. The van der Waals surface area contributed by atoms with E-state index in [0.717, 1.165) is 19.0 Å². The van der Waals surface area contributed by atoms with Gasteiger partial charge in [-0.1, -0.05) is 37.1 Å². The molecule has 0 aromatic heterocycles. The summed E-state index contributed by atoms with van der Waals surface area (Å²) < 4.78 is 0. The van der Waals surface area contributed by atoms with Crippen LogP contribution in [0.3, 0.4) is 0 Å². The van der Waals surface area contributed by atoms with Crippen molar-refractivity contribution in [1.82, 2.24) is 5.32 Å². The highest BCUT2D eigenvalue weighted by molar-refractivity contribution is 5.66. The molecule has 0 aliphatic heterocycles. The van der Waals surface area contributed by atoms with Crippen LogP contribution in [0.2, 0.25) is 0 Å². The first-order valence-corrected chi connectivity index (χ1v) is 7.27. The first-order valence-electron chi connectivity index (χ1n) is 7.27. The van der Waals surface area contributed by atoms with Gasteiger partial charge in [0, 0.05) is 13.0 Å². The van der Waals surface area contributed by atoms with E-state index in [1.807, 2.05) is 0 Å². The molecule has 0 heterocycles. The molecule has 0 bridgehead atoms. The highest BCUT2D eigenvalue weighted by atomic mass is 16.4. The Morgan fingerprint density at radius 2 is 1.89 bits per heavy atom. The topological polar surface area (TPSA) is 49.3 Å². The summed E-state index contributed by atoms with van der Waals surface area (Å²) in [6, 6.07) is 8.89. The minimum absolute atomic E-state index is 0.244. The highest BCUT2D eigenvalue weighted by Crippen LogP contribution is 2.33. The average Bonchev–Trinajstić information content (AvgIpc) is 2.93. The summed E-state index contributed by atoms with van der Waals surface area (Å²) in [5.41, 5.74) is 2.75. The summed E-state index contributed by atoms with van der Waals surface area (Å²) in [5, 5.41) is 11.8. The Bertz CT molecular complexity index is 394. The molecule has 0 unspecified atom stereocenters. The number of hydrogen-bond acceptors (Lipinski definition) is 2. The van der Waals surface area contributed by atoms with E-state index in [9.17, 15) is 4.79 Å². The average molecular weight is 261 g/mol. The second kappa shape index (κ2) is 7.29. The fourth-order valence-electron chi connectivity index (χ4n) is 2.76. The molecule has 1 aromatic rings. The van der Waals surface area contributed by atoms with Gasteiger partial charge in [0.05, 0.1) is 0 Å². The van der Waals surface area contributed by atoms with Gasteiger partial charge in [0.15, 0.2) is 0 Å². The normalized spacial score (nSPS) is 15.8. The molecule has 2 N–H and O–H groups in total. The maximum absolute atomic E-state index is 10.4. The molecule has 0 amide bonds. The third-order valence-electron chi connectivity index (χ3n) is 3.88. The van der Waals surface area contributed by atoms with Crippen LogP contribution in [0.5, 0.6) is 0 Å². The van der Waals surface area contributed by atoms with Gasteiger partial charge >= 0.3 is 5.97 Å². The smallest absolute Gasteiger partial charge is 0.303 e. The van der Waals surface area contributed by atoms with E-state index in [1.54, 1.807) is 0 Å². The molecule has 1 aliphatic rings. The first kappa shape index (κ1) is 14.1. The quantitative estimate of drug-likeness (QED) is 0.740. The highest BCUT2D eigenvalue weighted by Gasteiger charge is 2.16. The number of carboxylic acids is 1. The van der Waals surface area contributed by atoms with Crippen molar-refractivity contribution in [2.45, 2.75) is 51.0 Å². The van der Waals surface area contributed by atoms with Crippen molar-refractivity contribution in [3.8, 4) is 0 Å². The lowest BCUT2D eigenvalue weighted by Crippen LogP contribution is -2.15. The zero-order chi connectivity index (χ0) is 13.5. The van der Waals surface area contributed by atoms with Gasteiger partial charge in [-0.05, 0) is 42.9 Å². The van der Waals surface area contributed by atoms with Crippen LogP contribution in [0.1, 0.15) is 55.6 Å². The van der Waals surface area contributed by atoms with Crippen LogP contribution in [0, 0.1) is 0 Å². The SMILES string of the molecule is O=C(O)CCCNCc1ccc(C2CCCC2)cc1. The Labute approximate surface area is 115 Å². The van der Waals surface area contributed by atoms with Crippen molar-refractivity contribution in [2.75, 3.05) is 6.54 Å². The van der Waals surface area contributed by atoms with Crippen LogP contribution in [0.4, 0.5) is 0 Å². The van der Waals surface area contributed by atoms with Gasteiger partial charge < -0.3 is 10.4 Å². The van der Waals surface area contributed by atoms with Crippen molar-refractivity contribution < 1.29 is 9.90 Å². The van der Waals surface area contributed by atoms with E-state index in [1.165, 1.54) is 36.8 Å². The third-order valence-corrected chi connectivity index (χ3v) is 3.88. The molecule has 3 nitrogen and oxygen atoms in total. The Morgan fingerprint density at radius 3 is 2.53 bits per heavy atom. The zero-order valence-corrected chi connectivity index (χ0v) is 11.4. The molecule has 0 radical (unpaired) electrons. The molecule has 2 rings (SSSR count). The van der Waals surface area contributed by atoms with Gasteiger partial charge in [-0.3, -0.25) is 4.79 Å². The van der Waals surface area contributed by atoms with E-state index in [2.05, 4.69) is 29.6 Å². The molecular weight excluding hydrogens is 238 g/mol. The second-order valence-corrected chi connectivity index (χ2v) is 5.40. The fourth-order valence-corrected chi connectivity index (χ4v) is 2.76. The van der Waals surface area contributed by atoms with E-state index in [-0.39, 0.29) is 6.42 Å². The monoisotopic (exact) mass is 261 g/mol. The number of benzene rings is 1. The van der Waals surface area contributed by atoms with E-state index >= 15 is 0 Å². The standard InChI is InChI=1S/C16H23NO2/c18-16(19)6-3-11-17-12-13-7-9-15(10-8-13)14-4-1-2-5-14/h7-10,14,17H,1-6,11-12H2,(H,18,19). The molecule has 1 aliphatic carbocycles. The van der Waals surface area contributed by atoms with Gasteiger partial charge in [0.1, 0.15) is 0 Å². The van der Waals surface area contributed by atoms with Gasteiger partial charge in [-0.15, -0.1) is 0 Å². The number of carboxylic acid groups (broad SMARTS) is 1. The first-order chi connectivity index (χ1) is 9.25. The van der Waals surface area contributed by atoms with E-state index < -0.39 is 5.97 Å². The second-order valence-electron chi connectivity index (χ2n) is 5.40. The minimum atomic E-state index is -0.720. The molecule has 0 saturated heterocycles. The van der Waals surface area contributed by atoms with E-state index in [0.29, 0.717) is 6.42 Å². The number of rotatable bonds is 7. The van der Waals surface area contributed by atoms with Crippen LogP contribution >= 0.6 is 0 Å². The summed E-state index contributed by atoms with van der Waals surface area (Å²) in [6.45, 7) is 1.58. The maximum Gasteiger partial charge on any atom is 0.303 e. The van der Waals surface area contributed by atoms with Crippen LogP contribution < -0.4 is 5.32 Å². The zero-order valence-electron chi connectivity index (χ0n) is 11.4. The van der Waals surface area contributed by atoms with Gasteiger partial charge in [-0.25, -0.2) is 0 Å². The summed E-state index contributed by atoms with van der Waals surface area (Å²) in [7, 11) is 0. The molecule has 3 heteroatoms. The summed E-state index contributed by atoms with van der Waals surface area (Å²) >= 11 is 0. The lowest BCUT2D eigenvalue weighted by Gasteiger charge is -2.10. The Balaban J connectivity index is 1.71. The van der Waals surface area contributed by atoms with Crippen molar-refractivity contribution in [3.05, 3.63) is 35.4 Å². The van der Waals surface area contributed by atoms with Gasteiger partial charge in [0.25, 0.3) is 0 Å². The number of carbonyl (C=O) groups is 1. The largest absolute Gasteiger partial charge is 0.481 e. The van der Waals surface area contributed by atoms with Gasteiger partial charge in [0.2, 0.25) is 0 Å².